The Hall–Kier alpha value is -2.48. The first-order chi connectivity index (χ1) is 12.6. The average Bonchev–Trinajstić information content (AvgIpc) is 3.29. The van der Waals surface area contributed by atoms with Crippen LogP contribution in [0.25, 0.3) is 0 Å². The lowest BCUT2D eigenvalue weighted by molar-refractivity contribution is -0.918. The number of amides is 2. The maximum atomic E-state index is 12.5. The summed E-state index contributed by atoms with van der Waals surface area (Å²) >= 11 is 3.41. The maximum Gasteiger partial charge on any atom is 0.279 e. The Morgan fingerprint density at radius 1 is 0.923 bits per heavy atom. The topological polar surface area (TPSA) is 76.6 Å². The molecule has 0 aliphatic rings. The van der Waals surface area contributed by atoms with Gasteiger partial charge < -0.3 is 16.0 Å². The largest absolute Gasteiger partial charge is 0.366 e. The number of benzene rings is 1. The molecule has 0 saturated carbocycles. The second kappa shape index (κ2) is 8.75. The van der Waals surface area contributed by atoms with Crippen molar-refractivity contribution in [1.82, 2.24) is 0 Å². The molecular weight excluding hydrogens is 366 g/mol. The fraction of sp³-hybridized carbons (Fsp3) is 0.158. The van der Waals surface area contributed by atoms with Crippen LogP contribution in [0, 0.1) is 0 Å². The van der Waals surface area contributed by atoms with Crippen molar-refractivity contribution in [3.8, 4) is 0 Å². The Morgan fingerprint density at radius 2 is 1.50 bits per heavy atom. The Morgan fingerprint density at radius 3 is 1.96 bits per heavy atom. The molecule has 0 atom stereocenters. The standard InChI is InChI=1S/C19H19N3O2S2/c20-19(24)14-5-7-15(8-6-14)21-18(23)13-22(11-16-3-1-9-25-16)12-17-4-2-10-26-17/h1-10H,11-13H2,(H2,20,24)(H,21,23)/p+1. The Bertz CT molecular complexity index is 807. The third kappa shape index (κ3) is 5.26. The lowest BCUT2D eigenvalue weighted by atomic mass is 10.2. The highest BCUT2D eigenvalue weighted by Gasteiger charge is 2.17. The lowest BCUT2D eigenvalue weighted by Crippen LogP contribution is -3.10. The summed E-state index contributed by atoms with van der Waals surface area (Å²) in [4.78, 5) is 27.3. The number of carbonyl (C=O) groups is 2. The van der Waals surface area contributed by atoms with Gasteiger partial charge in [0.2, 0.25) is 5.91 Å². The van der Waals surface area contributed by atoms with E-state index in [-0.39, 0.29) is 5.91 Å². The SMILES string of the molecule is NC(=O)c1ccc(NC(=O)C[NH+](Cc2cccs2)Cc2cccs2)cc1. The number of thiophene rings is 2. The van der Waals surface area contributed by atoms with Crippen LogP contribution in [0.1, 0.15) is 20.1 Å². The van der Waals surface area contributed by atoms with E-state index in [4.69, 9.17) is 5.73 Å². The number of nitrogens with two attached hydrogens (primary N) is 1. The molecule has 0 aliphatic carbocycles. The maximum absolute atomic E-state index is 12.5. The first-order valence-electron chi connectivity index (χ1n) is 8.18. The van der Waals surface area contributed by atoms with E-state index in [0.717, 1.165) is 13.1 Å². The van der Waals surface area contributed by atoms with Crippen molar-refractivity contribution in [2.24, 2.45) is 5.73 Å². The summed E-state index contributed by atoms with van der Waals surface area (Å²) < 4.78 is 0. The van der Waals surface area contributed by atoms with Crippen LogP contribution in [0.4, 0.5) is 5.69 Å². The Labute approximate surface area is 160 Å². The molecule has 26 heavy (non-hydrogen) atoms. The van der Waals surface area contributed by atoms with Crippen molar-refractivity contribution < 1.29 is 14.5 Å². The van der Waals surface area contributed by atoms with E-state index < -0.39 is 5.91 Å². The van der Waals surface area contributed by atoms with Crippen molar-refractivity contribution in [2.75, 3.05) is 11.9 Å². The molecule has 0 aliphatic heterocycles. The molecule has 0 fully saturated rings. The summed E-state index contributed by atoms with van der Waals surface area (Å²) in [6, 6.07) is 14.9. The van der Waals surface area contributed by atoms with E-state index in [1.807, 2.05) is 12.1 Å². The Balaban J connectivity index is 1.63. The molecule has 3 aromatic rings. The van der Waals surface area contributed by atoms with Crippen LogP contribution >= 0.6 is 22.7 Å². The molecule has 2 heterocycles. The molecule has 4 N–H and O–H groups in total. The van der Waals surface area contributed by atoms with E-state index in [9.17, 15) is 9.59 Å². The second-order valence-electron chi connectivity index (χ2n) is 5.93. The third-order valence-corrected chi connectivity index (χ3v) is 5.63. The molecule has 2 amide bonds. The summed E-state index contributed by atoms with van der Waals surface area (Å²) in [6.45, 7) is 1.99. The van der Waals surface area contributed by atoms with Crippen LogP contribution in [0.2, 0.25) is 0 Å². The lowest BCUT2D eigenvalue weighted by Gasteiger charge is -2.18. The predicted octanol–water partition coefficient (Wildman–Crippen LogP) is 2.13. The number of hydrogen-bond acceptors (Lipinski definition) is 4. The van der Waals surface area contributed by atoms with Crippen LogP contribution in [0.15, 0.2) is 59.3 Å². The minimum absolute atomic E-state index is 0.0556. The average molecular weight is 387 g/mol. The van der Waals surface area contributed by atoms with E-state index >= 15 is 0 Å². The molecule has 0 radical (unpaired) electrons. The van der Waals surface area contributed by atoms with E-state index in [2.05, 4.69) is 28.2 Å². The van der Waals surface area contributed by atoms with Gasteiger partial charge in [-0.1, -0.05) is 12.1 Å². The van der Waals surface area contributed by atoms with Gasteiger partial charge in [0.05, 0.1) is 9.75 Å². The van der Waals surface area contributed by atoms with Gasteiger partial charge in [-0.25, -0.2) is 0 Å². The van der Waals surface area contributed by atoms with Gasteiger partial charge in [0, 0.05) is 11.3 Å². The molecule has 0 bridgehead atoms. The summed E-state index contributed by atoms with van der Waals surface area (Å²) in [5, 5.41) is 7.00. The predicted molar refractivity (Wildman–Crippen MR) is 105 cm³/mol. The second-order valence-corrected chi connectivity index (χ2v) is 7.99. The summed E-state index contributed by atoms with van der Waals surface area (Å²) in [6.07, 6.45) is 0. The van der Waals surface area contributed by atoms with Gasteiger partial charge in [0.25, 0.3) is 5.91 Å². The molecule has 5 nitrogen and oxygen atoms in total. The van der Waals surface area contributed by atoms with Crippen LogP contribution in [-0.2, 0) is 17.9 Å². The number of primary amides is 1. The Kier molecular flexibility index (Phi) is 6.17. The molecule has 2 aromatic heterocycles. The zero-order valence-corrected chi connectivity index (χ0v) is 15.7. The molecule has 7 heteroatoms. The van der Waals surface area contributed by atoms with Gasteiger partial charge >= 0.3 is 0 Å². The number of rotatable bonds is 8. The highest BCUT2D eigenvalue weighted by atomic mass is 32.1. The monoisotopic (exact) mass is 386 g/mol. The number of quaternary nitrogens is 1. The van der Waals surface area contributed by atoms with Gasteiger partial charge in [0.1, 0.15) is 13.1 Å². The number of nitrogens with one attached hydrogen (secondary N) is 2. The van der Waals surface area contributed by atoms with Crippen LogP contribution in [0.5, 0.6) is 0 Å². The van der Waals surface area contributed by atoms with Crippen LogP contribution in [-0.4, -0.2) is 18.4 Å². The van der Waals surface area contributed by atoms with Crippen LogP contribution in [0.3, 0.4) is 0 Å². The molecular formula is C19H20N3O2S2+. The van der Waals surface area contributed by atoms with Crippen LogP contribution < -0.4 is 16.0 Å². The van der Waals surface area contributed by atoms with E-state index in [1.54, 1.807) is 46.9 Å². The first-order valence-corrected chi connectivity index (χ1v) is 9.94. The summed E-state index contributed by atoms with van der Waals surface area (Å²) in [5.74, 6) is -0.537. The fourth-order valence-corrected chi connectivity index (χ4v) is 4.21. The normalized spacial score (nSPS) is 10.8. The van der Waals surface area contributed by atoms with Crippen molar-refractivity contribution in [3.05, 3.63) is 74.6 Å². The quantitative estimate of drug-likeness (QED) is 0.555. The highest BCUT2D eigenvalue weighted by molar-refractivity contribution is 7.10. The zero-order chi connectivity index (χ0) is 18.4. The van der Waals surface area contributed by atoms with E-state index in [0.29, 0.717) is 17.8 Å². The first kappa shape index (κ1) is 18.3. The van der Waals surface area contributed by atoms with Gasteiger partial charge in [0.15, 0.2) is 6.54 Å². The summed E-state index contributed by atoms with van der Waals surface area (Å²) in [5.41, 5.74) is 6.31. The van der Waals surface area contributed by atoms with Gasteiger partial charge in [-0.3, -0.25) is 9.59 Å². The fourth-order valence-electron chi connectivity index (χ4n) is 2.66. The third-order valence-electron chi connectivity index (χ3n) is 3.87. The van der Waals surface area contributed by atoms with Crippen molar-refractivity contribution >= 4 is 40.2 Å². The van der Waals surface area contributed by atoms with Crippen molar-refractivity contribution in [1.29, 1.82) is 0 Å². The molecule has 3 rings (SSSR count). The molecule has 0 spiro atoms. The molecule has 1 aromatic carbocycles. The number of anilines is 1. The van der Waals surface area contributed by atoms with Crippen molar-refractivity contribution in [3.63, 3.8) is 0 Å². The van der Waals surface area contributed by atoms with Gasteiger partial charge in [-0.15, -0.1) is 22.7 Å². The van der Waals surface area contributed by atoms with E-state index in [1.165, 1.54) is 14.7 Å². The smallest absolute Gasteiger partial charge is 0.279 e. The minimum Gasteiger partial charge on any atom is -0.366 e. The number of carbonyl (C=O) groups excluding carboxylic acids is 2. The minimum atomic E-state index is -0.481. The van der Waals surface area contributed by atoms with Gasteiger partial charge in [-0.05, 0) is 47.2 Å². The molecule has 0 unspecified atom stereocenters. The molecule has 0 saturated heterocycles. The molecule has 134 valence electrons. The summed E-state index contributed by atoms with van der Waals surface area (Å²) in [7, 11) is 0. The highest BCUT2D eigenvalue weighted by Crippen LogP contribution is 2.10. The zero-order valence-electron chi connectivity index (χ0n) is 14.1. The van der Waals surface area contributed by atoms with Gasteiger partial charge in [-0.2, -0.15) is 0 Å². The number of hydrogen-bond donors (Lipinski definition) is 3. The van der Waals surface area contributed by atoms with Crippen molar-refractivity contribution in [2.45, 2.75) is 13.1 Å².